The number of amides is 1. The Bertz CT molecular complexity index is 415. The molecule has 0 spiro atoms. The highest BCUT2D eigenvalue weighted by atomic mass is 19.1. The minimum Gasteiger partial charge on any atom is -0.359 e. The summed E-state index contributed by atoms with van der Waals surface area (Å²) in [6.45, 7) is 6.02. The molecule has 0 aromatic heterocycles. The van der Waals surface area contributed by atoms with Crippen molar-refractivity contribution in [3.8, 4) is 0 Å². The van der Waals surface area contributed by atoms with Gasteiger partial charge >= 0.3 is 0 Å². The molecule has 1 aromatic rings. The summed E-state index contributed by atoms with van der Waals surface area (Å²) >= 11 is 0. The first-order chi connectivity index (χ1) is 8.43. The number of nitrogens with one attached hydrogen (secondary N) is 1. The minimum atomic E-state index is -0.193. The van der Waals surface area contributed by atoms with Crippen LogP contribution < -0.4 is 5.32 Å². The second-order valence-electron chi connectivity index (χ2n) is 5.21. The maximum absolute atomic E-state index is 13.3. The lowest BCUT2D eigenvalue weighted by Crippen LogP contribution is -2.21. The Balaban J connectivity index is 2.93. The maximum Gasteiger partial charge on any atom is 0.220 e. The molecule has 1 unspecified atom stereocenters. The molecule has 0 aliphatic rings. The van der Waals surface area contributed by atoms with Crippen LogP contribution in [0.1, 0.15) is 43.7 Å². The van der Waals surface area contributed by atoms with Crippen molar-refractivity contribution in [1.29, 1.82) is 0 Å². The molecule has 2 nitrogen and oxygen atoms in total. The largest absolute Gasteiger partial charge is 0.359 e. The van der Waals surface area contributed by atoms with Crippen molar-refractivity contribution in [3.63, 3.8) is 0 Å². The Morgan fingerprint density at radius 1 is 1.39 bits per heavy atom. The Morgan fingerprint density at radius 3 is 2.56 bits per heavy atom. The van der Waals surface area contributed by atoms with Crippen LogP contribution in [0.25, 0.3) is 0 Å². The summed E-state index contributed by atoms with van der Waals surface area (Å²) in [6.07, 6.45) is 1.39. The quantitative estimate of drug-likeness (QED) is 0.853. The Morgan fingerprint density at radius 2 is 2.06 bits per heavy atom. The highest BCUT2D eigenvalue weighted by Crippen LogP contribution is 2.28. The van der Waals surface area contributed by atoms with Gasteiger partial charge in [0.2, 0.25) is 5.91 Å². The predicted molar refractivity (Wildman–Crippen MR) is 72.0 cm³/mol. The van der Waals surface area contributed by atoms with Crippen molar-refractivity contribution >= 4 is 5.91 Å². The van der Waals surface area contributed by atoms with Gasteiger partial charge in [-0.05, 0) is 42.4 Å². The number of hydrogen-bond acceptors (Lipinski definition) is 1. The summed E-state index contributed by atoms with van der Waals surface area (Å²) < 4.78 is 13.3. The zero-order valence-corrected chi connectivity index (χ0v) is 11.6. The molecule has 100 valence electrons. The zero-order chi connectivity index (χ0) is 13.7. The lowest BCUT2D eigenvalue weighted by molar-refractivity contribution is -0.121. The van der Waals surface area contributed by atoms with E-state index >= 15 is 0 Å². The number of rotatable bonds is 5. The number of halogens is 1. The molecule has 18 heavy (non-hydrogen) atoms. The smallest absolute Gasteiger partial charge is 0.220 e. The first-order valence-corrected chi connectivity index (χ1v) is 6.40. The van der Waals surface area contributed by atoms with E-state index in [2.05, 4.69) is 19.2 Å². The molecule has 0 fully saturated rings. The molecular formula is C15H22FNO. The summed E-state index contributed by atoms with van der Waals surface area (Å²) in [5.41, 5.74) is 1.68. The lowest BCUT2D eigenvalue weighted by atomic mass is 9.87. The molecule has 1 atom stereocenters. The minimum absolute atomic E-state index is 0.0302. The third-order valence-electron chi connectivity index (χ3n) is 3.12. The summed E-state index contributed by atoms with van der Waals surface area (Å²) in [7, 11) is 1.64. The molecule has 0 heterocycles. The van der Waals surface area contributed by atoms with E-state index in [4.69, 9.17) is 0 Å². The first-order valence-electron chi connectivity index (χ1n) is 6.40. The summed E-state index contributed by atoms with van der Waals surface area (Å²) in [4.78, 5) is 11.5. The highest BCUT2D eigenvalue weighted by molar-refractivity contribution is 5.76. The lowest BCUT2D eigenvalue weighted by Gasteiger charge is -2.19. The van der Waals surface area contributed by atoms with Gasteiger partial charge in [0.15, 0.2) is 0 Å². The predicted octanol–water partition coefficient (Wildman–Crippen LogP) is 3.40. The fraction of sp³-hybridized carbons (Fsp3) is 0.533. The van der Waals surface area contributed by atoms with Crippen LogP contribution in [-0.2, 0) is 4.79 Å². The second-order valence-corrected chi connectivity index (χ2v) is 5.21. The third kappa shape index (κ3) is 4.13. The number of carbonyl (C=O) groups excluding carboxylic acids is 1. The molecule has 3 heteroatoms. The maximum atomic E-state index is 13.3. The van der Waals surface area contributed by atoms with Gasteiger partial charge in [0.25, 0.3) is 0 Å². The van der Waals surface area contributed by atoms with E-state index in [1.807, 2.05) is 6.07 Å². The summed E-state index contributed by atoms with van der Waals surface area (Å²) in [6, 6.07) is 5.13. The Kier molecular flexibility index (Phi) is 5.32. The number of carbonyl (C=O) groups is 1. The average molecular weight is 251 g/mol. The fourth-order valence-corrected chi connectivity index (χ4v) is 2.15. The van der Waals surface area contributed by atoms with Crippen LogP contribution in [-0.4, -0.2) is 13.0 Å². The SMILES string of the molecule is CNC(=O)CC(CC(C)C)c1ccc(F)c(C)c1. The van der Waals surface area contributed by atoms with Crippen LogP contribution >= 0.6 is 0 Å². The molecule has 0 bridgehead atoms. The van der Waals surface area contributed by atoms with Gasteiger partial charge in [-0.1, -0.05) is 26.0 Å². The highest BCUT2D eigenvalue weighted by Gasteiger charge is 2.17. The Hall–Kier alpha value is -1.38. The van der Waals surface area contributed by atoms with E-state index in [1.54, 1.807) is 20.0 Å². The van der Waals surface area contributed by atoms with E-state index in [1.165, 1.54) is 6.07 Å². The average Bonchev–Trinajstić information content (AvgIpc) is 2.31. The van der Waals surface area contributed by atoms with Gasteiger partial charge < -0.3 is 5.32 Å². The van der Waals surface area contributed by atoms with Crippen molar-refractivity contribution in [2.75, 3.05) is 7.05 Å². The van der Waals surface area contributed by atoms with Crippen LogP contribution in [0.2, 0.25) is 0 Å². The van der Waals surface area contributed by atoms with E-state index in [0.29, 0.717) is 17.9 Å². The van der Waals surface area contributed by atoms with Crippen LogP contribution in [0.3, 0.4) is 0 Å². The van der Waals surface area contributed by atoms with Crippen molar-refractivity contribution in [3.05, 3.63) is 35.1 Å². The van der Waals surface area contributed by atoms with E-state index in [0.717, 1.165) is 12.0 Å². The molecular weight excluding hydrogens is 229 g/mol. The topological polar surface area (TPSA) is 29.1 Å². The van der Waals surface area contributed by atoms with Crippen molar-refractivity contribution in [2.45, 2.75) is 39.5 Å². The summed E-state index contributed by atoms with van der Waals surface area (Å²) in [5, 5.41) is 2.65. The van der Waals surface area contributed by atoms with E-state index in [9.17, 15) is 9.18 Å². The molecule has 0 aliphatic heterocycles. The molecule has 0 saturated heterocycles. The van der Waals surface area contributed by atoms with Crippen LogP contribution in [0.15, 0.2) is 18.2 Å². The molecule has 0 saturated carbocycles. The number of aryl methyl sites for hydroxylation is 1. The van der Waals surface area contributed by atoms with Crippen molar-refractivity contribution in [1.82, 2.24) is 5.32 Å². The van der Waals surface area contributed by atoms with Crippen LogP contribution in [0.5, 0.6) is 0 Å². The Labute approximate surface area is 109 Å². The molecule has 0 aliphatic carbocycles. The molecule has 1 N–H and O–H groups in total. The first kappa shape index (κ1) is 14.7. The van der Waals surface area contributed by atoms with Crippen molar-refractivity contribution in [2.24, 2.45) is 5.92 Å². The fourth-order valence-electron chi connectivity index (χ4n) is 2.15. The third-order valence-corrected chi connectivity index (χ3v) is 3.12. The molecule has 1 amide bonds. The summed E-state index contributed by atoms with van der Waals surface area (Å²) in [5.74, 6) is 0.499. The number of benzene rings is 1. The molecule has 1 aromatic carbocycles. The van der Waals surface area contributed by atoms with Gasteiger partial charge in [-0.2, -0.15) is 0 Å². The van der Waals surface area contributed by atoms with Gasteiger partial charge in [0, 0.05) is 13.5 Å². The zero-order valence-electron chi connectivity index (χ0n) is 11.6. The van der Waals surface area contributed by atoms with E-state index in [-0.39, 0.29) is 17.6 Å². The van der Waals surface area contributed by atoms with Gasteiger partial charge in [-0.3, -0.25) is 4.79 Å². The van der Waals surface area contributed by atoms with Crippen molar-refractivity contribution < 1.29 is 9.18 Å². The van der Waals surface area contributed by atoms with Crippen LogP contribution in [0.4, 0.5) is 4.39 Å². The monoisotopic (exact) mass is 251 g/mol. The molecule has 0 radical (unpaired) electrons. The normalized spacial score (nSPS) is 12.6. The standard InChI is InChI=1S/C15H22FNO/c1-10(2)7-13(9-15(18)17-4)12-5-6-14(16)11(3)8-12/h5-6,8,10,13H,7,9H2,1-4H3,(H,17,18). The van der Waals surface area contributed by atoms with Crippen LogP contribution in [0, 0.1) is 18.7 Å². The van der Waals surface area contributed by atoms with Gasteiger partial charge in [0.1, 0.15) is 5.82 Å². The number of hydrogen-bond donors (Lipinski definition) is 1. The molecule has 1 rings (SSSR count). The second kappa shape index (κ2) is 6.53. The van der Waals surface area contributed by atoms with Gasteiger partial charge in [-0.25, -0.2) is 4.39 Å². The van der Waals surface area contributed by atoms with Gasteiger partial charge in [-0.15, -0.1) is 0 Å². The van der Waals surface area contributed by atoms with Gasteiger partial charge in [0.05, 0.1) is 0 Å². The van der Waals surface area contributed by atoms with E-state index < -0.39 is 0 Å².